The molecule has 24 heavy (non-hydrogen) atoms. The normalized spacial score (nSPS) is 26.8. The van der Waals surface area contributed by atoms with Crippen molar-refractivity contribution >= 4 is 6.03 Å². The average Bonchev–Trinajstić information content (AvgIpc) is 2.93. The van der Waals surface area contributed by atoms with Crippen molar-refractivity contribution < 1.29 is 9.90 Å². The largest absolute Gasteiger partial charge is 0.389 e. The van der Waals surface area contributed by atoms with Gasteiger partial charge in [0.05, 0.1) is 5.60 Å². The lowest BCUT2D eigenvalue weighted by Crippen LogP contribution is -2.58. The summed E-state index contributed by atoms with van der Waals surface area (Å²) >= 11 is 0. The van der Waals surface area contributed by atoms with Gasteiger partial charge < -0.3 is 20.2 Å². The molecule has 0 bridgehead atoms. The number of hydrogen-bond donors (Lipinski definition) is 2. The van der Waals surface area contributed by atoms with Crippen molar-refractivity contribution in [2.75, 3.05) is 52.4 Å². The maximum Gasteiger partial charge on any atom is 0.317 e. The van der Waals surface area contributed by atoms with E-state index in [1.807, 2.05) is 18.7 Å². The zero-order valence-corrected chi connectivity index (χ0v) is 15.9. The third-order valence-corrected chi connectivity index (χ3v) is 5.09. The highest BCUT2D eigenvalue weighted by molar-refractivity contribution is 5.74. The number of urea groups is 1. The van der Waals surface area contributed by atoms with Gasteiger partial charge in [0, 0.05) is 45.3 Å². The van der Waals surface area contributed by atoms with Crippen molar-refractivity contribution in [1.82, 2.24) is 20.0 Å². The molecule has 6 nitrogen and oxygen atoms in total. The predicted molar refractivity (Wildman–Crippen MR) is 97.1 cm³/mol. The van der Waals surface area contributed by atoms with Crippen molar-refractivity contribution in [2.24, 2.45) is 5.92 Å². The lowest BCUT2D eigenvalue weighted by Gasteiger charge is -2.42. The lowest BCUT2D eigenvalue weighted by molar-refractivity contribution is 0.00289. The Morgan fingerprint density at radius 2 is 2.00 bits per heavy atom. The molecule has 0 radical (unpaired) electrons. The number of aliphatic hydroxyl groups is 1. The fraction of sp³-hybridized carbons (Fsp3) is 0.944. The number of likely N-dealkylation sites (tertiary alicyclic amines) is 1. The molecular formula is C18H36N4O2. The van der Waals surface area contributed by atoms with Crippen LogP contribution < -0.4 is 5.32 Å². The van der Waals surface area contributed by atoms with Crippen molar-refractivity contribution in [3.05, 3.63) is 0 Å². The molecule has 140 valence electrons. The fourth-order valence-corrected chi connectivity index (χ4v) is 3.85. The van der Waals surface area contributed by atoms with E-state index in [-0.39, 0.29) is 12.1 Å². The molecule has 0 aromatic rings. The molecule has 6 heteroatoms. The van der Waals surface area contributed by atoms with Crippen LogP contribution in [0.2, 0.25) is 0 Å². The lowest BCUT2D eigenvalue weighted by atomic mass is 10.1. The second kappa shape index (κ2) is 8.50. The Labute approximate surface area is 147 Å². The number of amides is 2. The van der Waals surface area contributed by atoms with Gasteiger partial charge in [0.1, 0.15) is 0 Å². The minimum absolute atomic E-state index is 0.0682. The molecule has 2 heterocycles. The van der Waals surface area contributed by atoms with Gasteiger partial charge in [-0.1, -0.05) is 6.92 Å². The minimum Gasteiger partial charge on any atom is -0.389 e. The van der Waals surface area contributed by atoms with Crippen LogP contribution in [0.4, 0.5) is 4.79 Å². The smallest absolute Gasteiger partial charge is 0.317 e. The van der Waals surface area contributed by atoms with Crippen LogP contribution in [0, 0.1) is 5.92 Å². The molecule has 0 aliphatic carbocycles. The summed E-state index contributed by atoms with van der Waals surface area (Å²) in [5.74, 6) is 0.592. The summed E-state index contributed by atoms with van der Waals surface area (Å²) in [4.78, 5) is 19.1. The second-order valence-electron chi connectivity index (χ2n) is 8.22. The molecule has 2 saturated heterocycles. The molecule has 2 aliphatic heterocycles. The molecule has 2 fully saturated rings. The summed E-state index contributed by atoms with van der Waals surface area (Å²) < 4.78 is 0. The van der Waals surface area contributed by atoms with E-state index in [4.69, 9.17) is 0 Å². The van der Waals surface area contributed by atoms with E-state index in [2.05, 4.69) is 29.0 Å². The van der Waals surface area contributed by atoms with Crippen LogP contribution in [0.3, 0.4) is 0 Å². The Balaban J connectivity index is 1.71. The summed E-state index contributed by atoms with van der Waals surface area (Å²) in [5, 5.41) is 13.1. The maximum atomic E-state index is 12.4. The summed E-state index contributed by atoms with van der Waals surface area (Å²) in [6.07, 6.45) is 2.39. The second-order valence-corrected chi connectivity index (χ2v) is 8.22. The maximum absolute atomic E-state index is 12.4. The van der Waals surface area contributed by atoms with Crippen molar-refractivity contribution in [3.8, 4) is 0 Å². The van der Waals surface area contributed by atoms with Gasteiger partial charge in [-0.3, -0.25) is 4.90 Å². The summed E-state index contributed by atoms with van der Waals surface area (Å²) in [6.45, 7) is 15.2. The van der Waals surface area contributed by atoms with E-state index in [1.165, 1.54) is 25.9 Å². The first kappa shape index (κ1) is 19.5. The van der Waals surface area contributed by atoms with Crippen LogP contribution >= 0.6 is 0 Å². The highest BCUT2D eigenvalue weighted by Gasteiger charge is 2.30. The van der Waals surface area contributed by atoms with Gasteiger partial charge in [-0.05, 0) is 52.6 Å². The molecule has 2 amide bonds. The Kier molecular flexibility index (Phi) is 6.89. The number of rotatable bonds is 6. The molecule has 0 saturated carbocycles. The highest BCUT2D eigenvalue weighted by atomic mass is 16.3. The number of β-amino-alcohol motifs (C(OH)–C–C–N with tert-alkyl or cyclic N) is 1. The van der Waals surface area contributed by atoms with E-state index in [9.17, 15) is 9.90 Å². The number of nitrogens with one attached hydrogen (secondary N) is 1. The minimum atomic E-state index is -0.689. The van der Waals surface area contributed by atoms with Gasteiger partial charge in [-0.25, -0.2) is 4.79 Å². The first-order valence-corrected chi connectivity index (χ1v) is 9.50. The monoisotopic (exact) mass is 340 g/mol. The van der Waals surface area contributed by atoms with Gasteiger partial charge in [0.2, 0.25) is 0 Å². The number of carbonyl (C=O) groups excluding carboxylic acids is 1. The molecule has 2 N–H and O–H groups in total. The first-order chi connectivity index (χ1) is 11.3. The van der Waals surface area contributed by atoms with Crippen LogP contribution in [0.5, 0.6) is 0 Å². The first-order valence-electron chi connectivity index (χ1n) is 9.50. The topological polar surface area (TPSA) is 59.1 Å². The molecule has 2 aliphatic rings. The van der Waals surface area contributed by atoms with Gasteiger partial charge in [-0.15, -0.1) is 0 Å². The SMILES string of the molecule is CCCN1CC[C@@H](CNC(=O)N2CCN(CC(C)(C)O)[C@@H](C)C2)C1. The highest BCUT2D eigenvalue weighted by Crippen LogP contribution is 2.16. The van der Waals surface area contributed by atoms with Crippen LogP contribution in [-0.2, 0) is 0 Å². The van der Waals surface area contributed by atoms with E-state index < -0.39 is 5.60 Å². The summed E-state index contributed by atoms with van der Waals surface area (Å²) in [7, 11) is 0. The number of nitrogens with zero attached hydrogens (tertiary/aromatic N) is 3. The van der Waals surface area contributed by atoms with Crippen LogP contribution in [0.25, 0.3) is 0 Å². The van der Waals surface area contributed by atoms with Gasteiger partial charge in [0.25, 0.3) is 0 Å². The van der Waals surface area contributed by atoms with E-state index in [1.54, 1.807) is 0 Å². The number of carbonyl (C=O) groups is 1. The van der Waals surface area contributed by atoms with Crippen molar-refractivity contribution in [3.63, 3.8) is 0 Å². The Bertz CT molecular complexity index is 410. The Morgan fingerprint density at radius 3 is 2.62 bits per heavy atom. The Morgan fingerprint density at radius 1 is 1.25 bits per heavy atom. The third-order valence-electron chi connectivity index (χ3n) is 5.09. The van der Waals surface area contributed by atoms with E-state index in [0.29, 0.717) is 12.5 Å². The fourth-order valence-electron chi connectivity index (χ4n) is 3.85. The van der Waals surface area contributed by atoms with E-state index in [0.717, 1.165) is 32.7 Å². The quantitative estimate of drug-likeness (QED) is 0.763. The molecule has 0 aromatic carbocycles. The van der Waals surface area contributed by atoms with Crippen molar-refractivity contribution in [2.45, 2.75) is 52.2 Å². The zero-order chi connectivity index (χ0) is 17.7. The van der Waals surface area contributed by atoms with Crippen LogP contribution in [0.15, 0.2) is 0 Å². The summed E-state index contributed by atoms with van der Waals surface area (Å²) in [5.41, 5.74) is -0.689. The van der Waals surface area contributed by atoms with Crippen LogP contribution in [-0.4, -0.2) is 89.8 Å². The molecular weight excluding hydrogens is 304 g/mol. The molecule has 0 spiro atoms. The Hall–Kier alpha value is -0.850. The van der Waals surface area contributed by atoms with Gasteiger partial charge in [-0.2, -0.15) is 0 Å². The summed E-state index contributed by atoms with van der Waals surface area (Å²) in [6, 6.07) is 0.348. The number of piperazine rings is 1. The average molecular weight is 341 g/mol. The molecule has 2 atom stereocenters. The standard InChI is InChI=1S/C18H36N4O2/c1-5-7-20-8-6-16(13-20)11-19-17(23)21-9-10-22(15(2)12-21)14-18(3,4)24/h15-16,24H,5-14H2,1-4H3,(H,19,23)/t15-,16-/m0/s1. The van der Waals surface area contributed by atoms with E-state index >= 15 is 0 Å². The van der Waals surface area contributed by atoms with Gasteiger partial charge in [0.15, 0.2) is 0 Å². The predicted octanol–water partition coefficient (Wildman–Crippen LogP) is 1.20. The molecule has 0 aromatic heterocycles. The number of hydrogen-bond acceptors (Lipinski definition) is 4. The van der Waals surface area contributed by atoms with Crippen LogP contribution in [0.1, 0.15) is 40.5 Å². The molecule has 2 rings (SSSR count). The van der Waals surface area contributed by atoms with Crippen molar-refractivity contribution in [1.29, 1.82) is 0 Å². The van der Waals surface area contributed by atoms with Gasteiger partial charge >= 0.3 is 6.03 Å². The molecule has 0 unspecified atom stereocenters. The third kappa shape index (κ3) is 5.90. The zero-order valence-electron chi connectivity index (χ0n) is 15.9.